The van der Waals surface area contributed by atoms with Crippen molar-refractivity contribution < 1.29 is 9.90 Å². The minimum absolute atomic E-state index is 0.400. The van der Waals surface area contributed by atoms with Gasteiger partial charge >= 0.3 is 5.97 Å². The predicted octanol–water partition coefficient (Wildman–Crippen LogP) is 1.61. The first-order chi connectivity index (χ1) is 9.04. The fraction of sp³-hybridized carbons (Fsp3) is 0.357. The molecule has 1 atom stereocenters. The number of aliphatic carboxylic acids is 1. The number of benzene rings is 1. The highest BCUT2D eigenvalue weighted by Crippen LogP contribution is 2.15. The normalized spacial score (nSPS) is 12.3. The van der Waals surface area contributed by atoms with Crippen LogP contribution in [-0.4, -0.2) is 26.1 Å². The largest absolute Gasteiger partial charge is 0.481 e. The van der Waals surface area contributed by atoms with E-state index in [0.29, 0.717) is 18.5 Å². The van der Waals surface area contributed by atoms with Crippen molar-refractivity contribution in [3.63, 3.8) is 0 Å². The average Bonchev–Trinajstić information content (AvgIpc) is 2.74. The van der Waals surface area contributed by atoms with Gasteiger partial charge in [0, 0.05) is 19.7 Å². The molecule has 1 aromatic heterocycles. The SMILES string of the molecule is Cc1cccc(CC(Cc2cn(C)nn2)C(=O)O)c1. The van der Waals surface area contributed by atoms with Gasteiger partial charge < -0.3 is 5.11 Å². The van der Waals surface area contributed by atoms with Crippen LogP contribution in [0.2, 0.25) is 0 Å². The van der Waals surface area contributed by atoms with Crippen LogP contribution in [-0.2, 0) is 24.7 Å². The molecule has 0 radical (unpaired) electrons. The number of rotatable bonds is 5. The van der Waals surface area contributed by atoms with Crippen LogP contribution in [0.5, 0.6) is 0 Å². The van der Waals surface area contributed by atoms with Crippen molar-refractivity contribution >= 4 is 5.97 Å². The van der Waals surface area contributed by atoms with Gasteiger partial charge in [0.15, 0.2) is 0 Å². The molecule has 5 nitrogen and oxygen atoms in total. The highest BCUT2D eigenvalue weighted by atomic mass is 16.4. The van der Waals surface area contributed by atoms with Crippen molar-refractivity contribution in [2.24, 2.45) is 13.0 Å². The van der Waals surface area contributed by atoms with Gasteiger partial charge in [0.25, 0.3) is 0 Å². The highest BCUT2D eigenvalue weighted by Gasteiger charge is 2.20. The van der Waals surface area contributed by atoms with Crippen LogP contribution < -0.4 is 0 Å². The zero-order chi connectivity index (χ0) is 13.8. The molecule has 19 heavy (non-hydrogen) atoms. The third-order valence-corrected chi connectivity index (χ3v) is 3.02. The van der Waals surface area contributed by atoms with E-state index in [1.54, 1.807) is 17.9 Å². The Kier molecular flexibility index (Phi) is 3.94. The van der Waals surface area contributed by atoms with E-state index in [0.717, 1.165) is 11.1 Å². The number of carboxylic acid groups (broad SMARTS) is 1. The lowest BCUT2D eigenvalue weighted by Crippen LogP contribution is -2.19. The molecule has 0 saturated heterocycles. The molecule has 0 bridgehead atoms. The van der Waals surface area contributed by atoms with Crippen LogP contribution >= 0.6 is 0 Å². The lowest BCUT2D eigenvalue weighted by atomic mass is 9.94. The van der Waals surface area contributed by atoms with E-state index >= 15 is 0 Å². The Morgan fingerprint density at radius 3 is 2.79 bits per heavy atom. The molecule has 2 aromatic rings. The molecular formula is C14H17N3O2. The van der Waals surface area contributed by atoms with E-state index in [4.69, 9.17) is 0 Å². The Bertz CT molecular complexity index is 578. The van der Waals surface area contributed by atoms with Crippen molar-refractivity contribution in [1.82, 2.24) is 15.0 Å². The number of hydrogen-bond acceptors (Lipinski definition) is 3. The first-order valence-corrected chi connectivity index (χ1v) is 6.18. The molecule has 0 aliphatic carbocycles. The van der Waals surface area contributed by atoms with Crippen molar-refractivity contribution in [3.8, 4) is 0 Å². The monoisotopic (exact) mass is 259 g/mol. The summed E-state index contributed by atoms with van der Waals surface area (Å²) in [7, 11) is 1.77. The van der Waals surface area contributed by atoms with E-state index in [9.17, 15) is 9.90 Å². The van der Waals surface area contributed by atoms with Crippen molar-refractivity contribution in [3.05, 3.63) is 47.3 Å². The van der Waals surface area contributed by atoms with Crippen LogP contribution in [0.15, 0.2) is 30.5 Å². The Labute approximate surface area is 111 Å². The van der Waals surface area contributed by atoms with Crippen LogP contribution in [0.25, 0.3) is 0 Å². The van der Waals surface area contributed by atoms with E-state index in [1.165, 1.54) is 0 Å². The Morgan fingerprint density at radius 1 is 1.42 bits per heavy atom. The molecule has 0 fully saturated rings. The standard InChI is InChI=1S/C14H17N3O2/c1-10-4-3-5-11(6-10)7-12(14(18)19)8-13-9-17(2)16-15-13/h3-6,9,12H,7-8H2,1-2H3,(H,18,19). The maximum absolute atomic E-state index is 11.3. The second-order valence-electron chi connectivity index (χ2n) is 4.82. The van der Waals surface area contributed by atoms with Crippen molar-refractivity contribution in [1.29, 1.82) is 0 Å². The quantitative estimate of drug-likeness (QED) is 0.885. The first-order valence-electron chi connectivity index (χ1n) is 6.18. The minimum atomic E-state index is -0.799. The lowest BCUT2D eigenvalue weighted by molar-refractivity contribution is -0.141. The molecule has 5 heteroatoms. The third kappa shape index (κ3) is 3.64. The summed E-state index contributed by atoms with van der Waals surface area (Å²) in [6, 6.07) is 7.93. The predicted molar refractivity (Wildman–Crippen MR) is 70.7 cm³/mol. The van der Waals surface area contributed by atoms with Gasteiger partial charge in [0.05, 0.1) is 11.6 Å². The number of carboxylic acids is 1. The molecule has 1 N–H and O–H groups in total. The fourth-order valence-electron chi connectivity index (χ4n) is 2.11. The topological polar surface area (TPSA) is 68.0 Å². The molecule has 1 unspecified atom stereocenters. The van der Waals surface area contributed by atoms with Gasteiger partial charge in [0.2, 0.25) is 0 Å². The summed E-state index contributed by atoms with van der Waals surface area (Å²) in [5.41, 5.74) is 2.89. The molecular weight excluding hydrogens is 242 g/mol. The number of aromatic nitrogens is 3. The number of carbonyl (C=O) groups is 1. The number of hydrogen-bond donors (Lipinski definition) is 1. The second-order valence-corrected chi connectivity index (χ2v) is 4.82. The van der Waals surface area contributed by atoms with Gasteiger partial charge in [-0.25, -0.2) is 0 Å². The summed E-state index contributed by atoms with van der Waals surface area (Å²) in [5.74, 6) is -1.27. The van der Waals surface area contributed by atoms with Gasteiger partial charge in [-0.3, -0.25) is 9.48 Å². The summed E-state index contributed by atoms with van der Waals surface area (Å²) < 4.78 is 1.58. The van der Waals surface area contributed by atoms with Gasteiger partial charge in [-0.05, 0) is 18.9 Å². The van der Waals surface area contributed by atoms with E-state index in [2.05, 4.69) is 10.3 Å². The van der Waals surface area contributed by atoms with Gasteiger partial charge in [-0.1, -0.05) is 35.0 Å². The Hall–Kier alpha value is -2.17. The second kappa shape index (κ2) is 5.65. The summed E-state index contributed by atoms with van der Waals surface area (Å²) in [6.45, 7) is 2.00. The summed E-state index contributed by atoms with van der Waals surface area (Å²) in [4.78, 5) is 11.3. The zero-order valence-electron chi connectivity index (χ0n) is 11.1. The minimum Gasteiger partial charge on any atom is -0.481 e. The Balaban J connectivity index is 2.10. The smallest absolute Gasteiger partial charge is 0.307 e. The van der Waals surface area contributed by atoms with Crippen LogP contribution in [0.4, 0.5) is 0 Å². The first kappa shape index (κ1) is 13.3. The van der Waals surface area contributed by atoms with Crippen LogP contribution in [0.3, 0.4) is 0 Å². The molecule has 0 saturated carbocycles. The average molecular weight is 259 g/mol. The molecule has 2 rings (SSSR count). The van der Waals surface area contributed by atoms with Crippen LogP contribution in [0, 0.1) is 12.8 Å². The molecule has 1 aromatic carbocycles. The highest BCUT2D eigenvalue weighted by molar-refractivity contribution is 5.70. The fourth-order valence-corrected chi connectivity index (χ4v) is 2.11. The summed E-state index contributed by atoms with van der Waals surface area (Å²) >= 11 is 0. The zero-order valence-corrected chi connectivity index (χ0v) is 11.1. The molecule has 0 amide bonds. The third-order valence-electron chi connectivity index (χ3n) is 3.02. The maximum atomic E-state index is 11.3. The van der Waals surface area contributed by atoms with Gasteiger partial charge in [0.1, 0.15) is 0 Å². The van der Waals surface area contributed by atoms with Gasteiger partial charge in [-0.2, -0.15) is 0 Å². The maximum Gasteiger partial charge on any atom is 0.307 e. The number of aryl methyl sites for hydroxylation is 2. The van der Waals surface area contributed by atoms with Crippen LogP contribution in [0.1, 0.15) is 16.8 Å². The molecule has 0 aliphatic heterocycles. The number of nitrogens with zero attached hydrogens (tertiary/aromatic N) is 3. The van der Waals surface area contributed by atoms with E-state index in [-0.39, 0.29) is 0 Å². The Morgan fingerprint density at radius 2 is 2.21 bits per heavy atom. The molecule has 1 heterocycles. The van der Waals surface area contributed by atoms with E-state index < -0.39 is 11.9 Å². The van der Waals surface area contributed by atoms with Gasteiger partial charge in [-0.15, -0.1) is 5.10 Å². The van der Waals surface area contributed by atoms with Crippen molar-refractivity contribution in [2.75, 3.05) is 0 Å². The van der Waals surface area contributed by atoms with E-state index in [1.807, 2.05) is 31.2 Å². The lowest BCUT2D eigenvalue weighted by Gasteiger charge is -2.11. The summed E-state index contributed by atoms with van der Waals surface area (Å²) in [6.07, 6.45) is 2.66. The molecule has 100 valence electrons. The van der Waals surface area contributed by atoms with Crippen molar-refractivity contribution in [2.45, 2.75) is 19.8 Å². The molecule has 0 aliphatic rings. The summed E-state index contributed by atoms with van der Waals surface area (Å²) in [5, 5.41) is 17.1. The molecule has 0 spiro atoms.